The lowest BCUT2D eigenvalue weighted by Crippen LogP contribution is -2.44. The van der Waals surface area contributed by atoms with Crippen molar-refractivity contribution in [1.29, 1.82) is 0 Å². The molecule has 192 valence electrons. The summed E-state index contributed by atoms with van der Waals surface area (Å²) in [7, 11) is 0. The molecule has 1 atom stereocenters. The smallest absolute Gasteiger partial charge is 0.227 e. The summed E-state index contributed by atoms with van der Waals surface area (Å²) in [6.07, 6.45) is 1.99. The van der Waals surface area contributed by atoms with Crippen LogP contribution in [0, 0.1) is 18.7 Å². The van der Waals surface area contributed by atoms with Crippen molar-refractivity contribution in [2.24, 2.45) is 5.92 Å². The fourth-order valence-corrected chi connectivity index (χ4v) is 4.74. The Hall–Kier alpha value is -2.78. The first kappa shape index (κ1) is 24.9. The number of aliphatic hydroxyl groups excluding tert-OH is 1. The molecule has 7 nitrogen and oxygen atoms in total. The first-order valence-corrected chi connectivity index (χ1v) is 12.8. The minimum absolute atomic E-state index is 0.349. The molecule has 36 heavy (non-hydrogen) atoms. The van der Waals surface area contributed by atoms with Gasteiger partial charge in [0, 0.05) is 45.3 Å². The number of benzene rings is 2. The Balaban J connectivity index is 1.40. The molecule has 0 radical (unpaired) electrons. The van der Waals surface area contributed by atoms with E-state index in [9.17, 15) is 9.50 Å². The number of rotatable bonds is 11. The van der Waals surface area contributed by atoms with E-state index in [-0.39, 0.29) is 5.82 Å². The number of morpholine rings is 1. The highest BCUT2D eigenvalue weighted by atomic mass is 19.1. The highest BCUT2D eigenvalue weighted by molar-refractivity contribution is 5.43. The summed E-state index contributed by atoms with van der Waals surface area (Å²) >= 11 is 0. The van der Waals surface area contributed by atoms with E-state index in [2.05, 4.69) is 9.80 Å². The summed E-state index contributed by atoms with van der Waals surface area (Å²) in [6.45, 7) is 7.86. The number of hydrogen-bond donors (Lipinski definition) is 1. The second kappa shape index (κ2) is 11.5. The van der Waals surface area contributed by atoms with Crippen LogP contribution in [0.5, 0.6) is 11.6 Å². The van der Waals surface area contributed by atoms with Crippen LogP contribution in [0.4, 0.5) is 4.39 Å². The second-order valence-corrected chi connectivity index (χ2v) is 9.88. The summed E-state index contributed by atoms with van der Waals surface area (Å²) in [5, 5.41) is 15.8. The third-order valence-corrected chi connectivity index (χ3v) is 6.79. The van der Waals surface area contributed by atoms with Crippen LogP contribution in [0.1, 0.15) is 24.1 Å². The number of β-amino-alcohol motifs (C(OH)–C–C–N with tert-alkyl or cyclic N) is 1. The maximum absolute atomic E-state index is 13.9. The molecule has 3 aromatic rings. The minimum atomic E-state index is -0.459. The first-order chi connectivity index (χ1) is 17.5. The molecule has 2 heterocycles. The summed E-state index contributed by atoms with van der Waals surface area (Å²) < 4.78 is 27.5. The van der Waals surface area contributed by atoms with Crippen LogP contribution >= 0.6 is 0 Å². The maximum Gasteiger partial charge on any atom is 0.227 e. The highest BCUT2D eigenvalue weighted by Crippen LogP contribution is 2.34. The Morgan fingerprint density at radius 2 is 1.92 bits per heavy atom. The lowest BCUT2D eigenvalue weighted by molar-refractivity contribution is 0.00585. The van der Waals surface area contributed by atoms with Gasteiger partial charge in [0.2, 0.25) is 5.88 Å². The lowest BCUT2D eigenvalue weighted by atomic mass is 10.2. The Morgan fingerprint density at radius 3 is 2.64 bits per heavy atom. The number of para-hydroxylation sites is 1. The van der Waals surface area contributed by atoms with Gasteiger partial charge in [-0.1, -0.05) is 24.3 Å². The highest BCUT2D eigenvalue weighted by Gasteiger charge is 2.29. The van der Waals surface area contributed by atoms with E-state index in [0.717, 1.165) is 49.8 Å². The van der Waals surface area contributed by atoms with Gasteiger partial charge in [0.1, 0.15) is 11.6 Å². The van der Waals surface area contributed by atoms with Gasteiger partial charge in [-0.2, -0.15) is 5.10 Å². The molecule has 1 N–H and O–H groups in total. The number of hydrogen-bond acceptors (Lipinski definition) is 6. The predicted octanol–water partition coefficient (Wildman–Crippen LogP) is 4.02. The average molecular weight is 495 g/mol. The second-order valence-electron chi connectivity index (χ2n) is 9.88. The Kier molecular flexibility index (Phi) is 7.96. The van der Waals surface area contributed by atoms with Gasteiger partial charge in [-0.3, -0.25) is 9.80 Å². The molecule has 1 aromatic heterocycles. The summed E-state index contributed by atoms with van der Waals surface area (Å²) in [5.41, 5.74) is 2.68. The minimum Gasteiger partial charge on any atom is -0.438 e. The fraction of sp³-hybridized carbons (Fsp3) is 0.464. The van der Waals surface area contributed by atoms with Gasteiger partial charge in [-0.15, -0.1) is 0 Å². The van der Waals surface area contributed by atoms with Crippen LogP contribution in [0.15, 0.2) is 54.6 Å². The predicted molar refractivity (Wildman–Crippen MR) is 136 cm³/mol. The van der Waals surface area contributed by atoms with E-state index in [0.29, 0.717) is 37.2 Å². The van der Waals surface area contributed by atoms with Gasteiger partial charge in [-0.05, 0) is 49.9 Å². The third kappa shape index (κ3) is 6.50. The molecule has 8 heteroatoms. The van der Waals surface area contributed by atoms with Crippen molar-refractivity contribution in [2.75, 3.05) is 45.9 Å². The molecule has 1 aliphatic heterocycles. The number of halogens is 1. The zero-order chi connectivity index (χ0) is 24.9. The van der Waals surface area contributed by atoms with Gasteiger partial charge >= 0.3 is 0 Å². The molecule has 5 rings (SSSR count). The van der Waals surface area contributed by atoms with Crippen molar-refractivity contribution >= 4 is 0 Å². The lowest BCUT2D eigenvalue weighted by Gasteiger charge is -2.31. The van der Waals surface area contributed by atoms with E-state index in [1.165, 1.54) is 25.0 Å². The molecule has 0 unspecified atom stereocenters. The molecule has 2 aromatic carbocycles. The zero-order valence-corrected chi connectivity index (χ0v) is 20.9. The van der Waals surface area contributed by atoms with Crippen LogP contribution in [-0.4, -0.2) is 76.7 Å². The molecule has 2 fully saturated rings. The quantitative estimate of drug-likeness (QED) is 0.435. The molecular weight excluding hydrogens is 459 g/mol. The summed E-state index contributed by atoms with van der Waals surface area (Å²) in [6, 6.07) is 16.0. The summed E-state index contributed by atoms with van der Waals surface area (Å²) in [5.74, 6) is 1.32. The molecule has 0 amide bonds. The van der Waals surface area contributed by atoms with E-state index >= 15 is 0 Å². The van der Waals surface area contributed by atoms with Gasteiger partial charge in [-0.25, -0.2) is 9.07 Å². The standard InChI is InChI=1S/C28H35FN4O3/c1-21-27(20-32(17-22-10-11-22)19-25(34)18-31-12-14-35-15-13-31)28(36-26-9-5-6-23(29)16-26)33(30-21)24-7-3-2-4-8-24/h2-9,16,22,25,34H,10-15,17-20H2,1H3/t25-/m1/s1. The zero-order valence-electron chi connectivity index (χ0n) is 20.9. The number of aromatic nitrogens is 2. The van der Waals surface area contributed by atoms with Crippen LogP contribution in [0.2, 0.25) is 0 Å². The van der Waals surface area contributed by atoms with Crippen LogP contribution in [0.3, 0.4) is 0 Å². The van der Waals surface area contributed by atoms with Crippen LogP contribution in [0.25, 0.3) is 5.69 Å². The first-order valence-electron chi connectivity index (χ1n) is 12.8. The number of aliphatic hydroxyl groups is 1. The molecule has 2 aliphatic rings. The van der Waals surface area contributed by atoms with E-state index in [4.69, 9.17) is 14.6 Å². The van der Waals surface area contributed by atoms with E-state index in [1.807, 2.05) is 37.3 Å². The SMILES string of the molecule is Cc1nn(-c2ccccc2)c(Oc2cccc(F)c2)c1CN(CC1CC1)C[C@H](O)CN1CCOCC1. The van der Waals surface area contributed by atoms with Gasteiger partial charge in [0.25, 0.3) is 0 Å². The van der Waals surface area contributed by atoms with Gasteiger partial charge in [0.15, 0.2) is 0 Å². The summed E-state index contributed by atoms with van der Waals surface area (Å²) in [4.78, 5) is 4.58. The average Bonchev–Trinajstić information content (AvgIpc) is 3.64. The fourth-order valence-electron chi connectivity index (χ4n) is 4.74. The van der Waals surface area contributed by atoms with E-state index < -0.39 is 6.10 Å². The normalized spacial score (nSPS) is 17.4. The number of nitrogens with zero attached hydrogens (tertiary/aromatic N) is 4. The molecular formula is C28H35FN4O3. The van der Waals surface area contributed by atoms with Crippen molar-refractivity contribution in [1.82, 2.24) is 19.6 Å². The number of ether oxygens (including phenoxy) is 2. The molecule has 1 aliphatic carbocycles. The molecule has 1 saturated heterocycles. The third-order valence-electron chi connectivity index (χ3n) is 6.79. The molecule has 0 bridgehead atoms. The molecule has 1 saturated carbocycles. The topological polar surface area (TPSA) is 63.0 Å². The van der Waals surface area contributed by atoms with Crippen molar-refractivity contribution in [3.8, 4) is 17.3 Å². The number of aryl methyl sites for hydroxylation is 1. The van der Waals surface area contributed by atoms with Crippen molar-refractivity contribution in [3.05, 3.63) is 71.7 Å². The monoisotopic (exact) mass is 494 g/mol. The largest absolute Gasteiger partial charge is 0.438 e. The van der Waals surface area contributed by atoms with Crippen LogP contribution in [-0.2, 0) is 11.3 Å². The van der Waals surface area contributed by atoms with Crippen molar-refractivity contribution in [2.45, 2.75) is 32.4 Å². The molecule has 0 spiro atoms. The van der Waals surface area contributed by atoms with Crippen LogP contribution < -0.4 is 4.74 Å². The van der Waals surface area contributed by atoms with E-state index in [1.54, 1.807) is 16.8 Å². The van der Waals surface area contributed by atoms with Crippen molar-refractivity contribution in [3.63, 3.8) is 0 Å². The Bertz CT molecular complexity index is 1130. The van der Waals surface area contributed by atoms with Gasteiger partial charge < -0.3 is 14.6 Å². The maximum atomic E-state index is 13.9. The van der Waals surface area contributed by atoms with Gasteiger partial charge in [0.05, 0.1) is 36.3 Å². The van der Waals surface area contributed by atoms with Crippen molar-refractivity contribution < 1.29 is 19.0 Å². The Labute approximate surface area is 212 Å². The Morgan fingerprint density at radius 1 is 1.14 bits per heavy atom.